The van der Waals surface area contributed by atoms with Crippen molar-refractivity contribution in [2.75, 3.05) is 39.3 Å². The third kappa shape index (κ3) is 2.25. The number of ether oxygens (including phenoxy) is 1. The van der Waals surface area contributed by atoms with Crippen LogP contribution in [0.1, 0.15) is 13.3 Å². The van der Waals surface area contributed by atoms with Crippen LogP contribution in [0.2, 0.25) is 0 Å². The van der Waals surface area contributed by atoms with E-state index in [2.05, 4.69) is 22.1 Å². The third-order valence-corrected chi connectivity index (χ3v) is 2.83. The second kappa shape index (κ2) is 4.75. The first-order valence-electron chi connectivity index (χ1n) is 5.52. The molecule has 2 aliphatic heterocycles. The minimum Gasteiger partial charge on any atom is -0.372 e. The monoisotopic (exact) mass is 197 g/mol. The summed E-state index contributed by atoms with van der Waals surface area (Å²) in [5, 5.41) is 3.33. The number of nitrogens with zero attached hydrogens (tertiary/aromatic N) is 2. The zero-order valence-electron chi connectivity index (χ0n) is 8.83. The Kier molecular flexibility index (Phi) is 3.37. The molecule has 80 valence electrons. The van der Waals surface area contributed by atoms with Crippen LogP contribution in [-0.4, -0.2) is 56.2 Å². The zero-order valence-corrected chi connectivity index (χ0v) is 8.83. The number of likely N-dealkylation sites (N-methyl/N-ethyl adjacent to an activating group) is 1. The van der Waals surface area contributed by atoms with Crippen LogP contribution in [0.5, 0.6) is 0 Å². The molecule has 4 heteroatoms. The van der Waals surface area contributed by atoms with Crippen LogP contribution in [0.3, 0.4) is 0 Å². The first-order chi connectivity index (χ1) is 6.90. The smallest absolute Gasteiger partial charge is 0.127 e. The summed E-state index contributed by atoms with van der Waals surface area (Å²) >= 11 is 0. The second-order valence-electron chi connectivity index (χ2n) is 3.80. The molecule has 2 aliphatic rings. The Balaban J connectivity index is 1.92. The van der Waals surface area contributed by atoms with Gasteiger partial charge in [0.05, 0.1) is 6.61 Å². The molecule has 0 amide bonds. The van der Waals surface area contributed by atoms with E-state index in [1.165, 1.54) is 0 Å². The predicted octanol–water partition coefficient (Wildman–Crippen LogP) is 0.0989. The highest BCUT2D eigenvalue weighted by molar-refractivity contribution is 5.87. The maximum atomic E-state index is 5.71. The van der Waals surface area contributed by atoms with Crippen molar-refractivity contribution in [3.05, 3.63) is 0 Å². The van der Waals surface area contributed by atoms with Gasteiger partial charge in [-0.3, -0.25) is 9.89 Å². The third-order valence-electron chi connectivity index (χ3n) is 2.83. The molecular weight excluding hydrogens is 178 g/mol. The molecule has 0 aliphatic carbocycles. The van der Waals surface area contributed by atoms with E-state index in [0.717, 1.165) is 51.6 Å². The molecule has 4 nitrogen and oxygen atoms in total. The number of hydrogen-bond acceptors (Lipinski definition) is 4. The lowest BCUT2D eigenvalue weighted by Gasteiger charge is -2.33. The van der Waals surface area contributed by atoms with E-state index < -0.39 is 0 Å². The van der Waals surface area contributed by atoms with Crippen molar-refractivity contribution in [1.29, 1.82) is 0 Å². The van der Waals surface area contributed by atoms with E-state index in [9.17, 15) is 0 Å². The highest BCUT2D eigenvalue weighted by Crippen LogP contribution is 2.07. The van der Waals surface area contributed by atoms with Gasteiger partial charge in [-0.2, -0.15) is 0 Å². The van der Waals surface area contributed by atoms with Crippen LogP contribution in [0, 0.1) is 0 Å². The minimum atomic E-state index is 0.184. The lowest BCUT2D eigenvalue weighted by molar-refractivity contribution is 0.00682. The van der Waals surface area contributed by atoms with Gasteiger partial charge >= 0.3 is 0 Å². The van der Waals surface area contributed by atoms with Crippen molar-refractivity contribution >= 4 is 5.84 Å². The fourth-order valence-corrected chi connectivity index (χ4v) is 1.92. The van der Waals surface area contributed by atoms with Gasteiger partial charge < -0.3 is 10.1 Å². The first kappa shape index (κ1) is 9.93. The van der Waals surface area contributed by atoms with Gasteiger partial charge in [0, 0.05) is 26.2 Å². The molecule has 0 aromatic rings. The molecule has 0 aromatic heterocycles. The van der Waals surface area contributed by atoms with Crippen LogP contribution < -0.4 is 5.32 Å². The summed E-state index contributed by atoms with van der Waals surface area (Å²) < 4.78 is 5.71. The summed E-state index contributed by atoms with van der Waals surface area (Å²) in [5.41, 5.74) is 0. The summed E-state index contributed by atoms with van der Waals surface area (Å²) in [5.74, 6) is 1.06. The average Bonchev–Trinajstić information content (AvgIpc) is 2.30. The molecule has 1 saturated heterocycles. The summed E-state index contributed by atoms with van der Waals surface area (Å²) in [7, 11) is 0. The molecule has 1 fully saturated rings. The number of morpholine rings is 1. The van der Waals surface area contributed by atoms with Gasteiger partial charge in [0.1, 0.15) is 11.9 Å². The van der Waals surface area contributed by atoms with Crippen molar-refractivity contribution in [3.63, 3.8) is 0 Å². The van der Waals surface area contributed by atoms with Crippen LogP contribution in [-0.2, 0) is 4.74 Å². The van der Waals surface area contributed by atoms with E-state index in [1.807, 2.05) is 0 Å². The Morgan fingerprint density at radius 1 is 1.64 bits per heavy atom. The summed E-state index contributed by atoms with van der Waals surface area (Å²) in [6, 6.07) is 0. The largest absolute Gasteiger partial charge is 0.372 e. The van der Waals surface area contributed by atoms with Crippen molar-refractivity contribution in [2.45, 2.75) is 19.4 Å². The fraction of sp³-hybridized carbons (Fsp3) is 0.900. The van der Waals surface area contributed by atoms with E-state index >= 15 is 0 Å². The first-order valence-corrected chi connectivity index (χ1v) is 5.52. The topological polar surface area (TPSA) is 36.9 Å². The maximum absolute atomic E-state index is 5.71. The van der Waals surface area contributed by atoms with Crippen molar-refractivity contribution in [2.24, 2.45) is 4.99 Å². The number of nitrogens with one attached hydrogen (secondary N) is 1. The molecule has 0 bridgehead atoms. The lowest BCUT2D eigenvalue weighted by Crippen LogP contribution is -2.50. The van der Waals surface area contributed by atoms with E-state index in [4.69, 9.17) is 4.74 Å². The molecule has 14 heavy (non-hydrogen) atoms. The molecule has 1 atom stereocenters. The number of aliphatic imine (C=N–C) groups is 1. The van der Waals surface area contributed by atoms with Gasteiger partial charge in [-0.25, -0.2) is 0 Å². The molecule has 0 aromatic carbocycles. The fourth-order valence-electron chi connectivity index (χ4n) is 1.92. The quantitative estimate of drug-likeness (QED) is 0.682. The van der Waals surface area contributed by atoms with Crippen molar-refractivity contribution < 1.29 is 4.74 Å². The Morgan fingerprint density at radius 3 is 3.29 bits per heavy atom. The van der Waals surface area contributed by atoms with E-state index in [-0.39, 0.29) is 6.10 Å². The zero-order chi connectivity index (χ0) is 9.80. The number of amidine groups is 1. The lowest BCUT2D eigenvalue weighted by atomic mass is 10.2. The molecule has 2 heterocycles. The van der Waals surface area contributed by atoms with Gasteiger partial charge in [-0.05, 0) is 13.0 Å². The number of hydrogen-bond donors (Lipinski definition) is 1. The van der Waals surface area contributed by atoms with Crippen LogP contribution in [0.15, 0.2) is 4.99 Å². The van der Waals surface area contributed by atoms with Gasteiger partial charge in [-0.15, -0.1) is 0 Å². The van der Waals surface area contributed by atoms with E-state index in [1.54, 1.807) is 0 Å². The summed E-state index contributed by atoms with van der Waals surface area (Å²) in [6.45, 7) is 8.17. The molecular formula is C10H19N3O. The normalized spacial score (nSPS) is 29.5. The molecule has 2 rings (SSSR count). The van der Waals surface area contributed by atoms with Crippen molar-refractivity contribution in [3.8, 4) is 0 Å². The van der Waals surface area contributed by atoms with Crippen LogP contribution >= 0.6 is 0 Å². The Bertz CT molecular complexity index is 217. The van der Waals surface area contributed by atoms with Gasteiger partial charge in [0.15, 0.2) is 0 Å². The second-order valence-corrected chi connectivity index (χ2v) is 3.80. The van der Waals surface area contributed by atoms with Crippen LogP contribution in [0.25, 0.3) is 0 Å². The number of rotatable bonds is 2. The van der Waals surface area contributed by atoms with Crippen molar-refractivity contribution in [1.82, 2.24) is 10.2 Å². The highest BCUT2D eigenvalue weighted by Gasteiger charge is 2.24. The summed E-state index contributed by atoms with van der Waals surface area (Å²) in [4.78, 5) is 6.89. The van der Waals surface area contributed by atoms with Gasteiger partial charge in [0.25, 0.3) is 0 Å². The Morgan fingerprint density at radius 2 is 2.57 bits per heavy atom. The minimum absolute atomic E-state index is 0.184. The highest BCUT2D eigenvalue weighted by atomic mass is 16.5. The average molecular weight is 197 g/mol. The van der Waals surface area contributed by atoms with Crippen LogP contribution in [0.4, 0.5) is 0 Å². The predicted molar refractivity (Wildman–Crippen MR) is 56.8 cm³/mol. The SMILES string of the molecule is CCN1CCOC(C2=NCCCN2)C1. The van der Waals surface area contributed by atoms with Gasteiger partial charge in [-0.1, -0.05) is 6.92 Å². The van der Waals surface area contributed by atoms with E-state index in [0.29, 0.717) is 0 Å². The molecule has 1 N–H and O–H groups in total. The standard InChI is InChI=1S/C10H19N3O/c1-2-13-6-7-14-9(8-13)10-11-4-3-5-12-10/h9H,2-8H2,1H3,(H,11,12). The molecule has 0 spiro atoms. The molecule has 0 radical (unpaired) electrons. The summed E-state index contributed by atoms with van der Waals surface area (Å²) in [6.07, 6.45) is 1.33. The maximum Gasteiger partial charge on any atom is 0.127 e. The molecule has 1 unspecified atom stereocenters. The van der Waals surface area contributed by atoms with Gasteiger partial charge in [0.2, 0.25) is 0 Å². The Labute approximate surface area is 85.3 Å². The molecule has 0 saturated carbocycles. The Hall–Kier alpha value is -0.610.